The summed E-state index contributed by atoms with van der Waals surface area (Å²) < 4.78 is 13.0. The molecular formula is C16H24FN4O3+. The van der Waals surface area contributed by atoms with Gasteiger partial charge < -0.3 is 20.9 Å². The van der Waals surface area contributed by atoms with Gasteiger partial charge in [-0.25, -0.2) is 4.39 Å². The first-order chi connectivity index (χ1) is 11.3. The second-order valence-corrected chi connectivity index (χ2v) is 5.87. The summed E-state index contributed by atoms with van der Waals surface area (Å²) in [5.74, 6) is -1.36. The average molecular weight is 339 g/mol. The Labute approximate surface area is 140 Å². The summed E-state index contributed by atoms with van der Waals surface area (Å²) in [6.07, 6.45) is 0. The van der Waals surface area contributed by atoms with Gasteiger partial charge in [0.15, 0.2) is 13.1 Å². The van der Waals surface area contributed by atoms with Crippen molar-refractivity contribution >= 4 is 23.4 Å². The van der Waals surface area contributed by atoms with Crippen LogP contribution in [0.15, 0.2) is 24.3 Å². The zero-order valence-corrected chi connectivity index (χ0v) is 14.1. The largest absolute Gasteiger partial charge is 0.352 e. The average Bonchev–Trinajstić information content (AvgIpc) is 2.44. The van der Waals surface area contributed by atoms with Crippen LogP contribution in [0.3, 0.4) is 0 Å². The van der Waals surface area contributed by atoms with E-state index in [0.29, 0.717) is 10.6 Å². The van der Waals surface area contributed by atoms with E-state index in [0.717, 1.165) is 0 Å². The van der Waals surface area contributed by atoms with Crippen LogP contribution in [0.25, 0.3) is 0 Å². The molecule has 0 aliphatic rings. The van der Waals surface area contributed by atoms with E-state index in [1.807, 2.05) is 13.8 Å². The third kappa shape index (κ3) is 8.23. The van der Waals surface area contributed by atoms with Crippen molar-refractivity contribution in [2.24, 2.45) is 0 Å². The SMILES string of the molecule is CC(C)NC(=O)CNC(=O)C[NH+](C)CC(=O)Nc1cccc(F)c1. The molecule has 1 aromatic carbocycles. The number of anilines is 1. The predicted molar refractivity (Wildman–Crippen MR) is 87.9 cm³/mol. The highest BCUT2D eigenvalue weighted by Gasteiger charge is 2.15. The summed E-state index contributed by atoms with van der Waals surface area (Å²) in [4.78, 5) is 35.7. The summed E-state index contributed by atoms with van der Waals surface area (Å²) in [5.41, 5.74) is 0.364. The van der Waals surface area contributed by atoms with Gasteiger partial charge in [-0.3, -0.25) is 14.4 Å². The molecule has 0 aliphatic carbocycles. The van der Waals surface area contributed by atoms with Crippen LogP contribution in [0.4, 0.5) is 10.1 Å². The molecule has 132 valence electrons. The van der Waals surface area contributed by atoms with E-state index in [1.165, 1.54) is 18.2 Å². The maximum atomic E-state index is 13.0. The van der Waals surface area contributed by atoms with Crippen molar-refractivity contribution in [3.05, 3.63) is 30.1 Å². The van der Waals surface area contributed by atoms with Crippen molar-refractivity contribution in [3.8, 4) is 0 Å². The Morgan fingerprint density at radius 2 is 1.79 bits per heavy atom. The molecule has 4 N–H and O–H groups in total. The molecule has 0 saturated heterocycles. The number of likely N-dealkylation sites (N-methyl/N-ethyl adjacent to an activating group) is 1. The lowest BCUT2D eigenvalue weighted by atomic mass is 10.3. The molecule has 24 heavy (non-hydrogen) atoms. The van der Waals surface area contributed by atoms with E-state index in [9.17, 15) is 18.8 Å². The fraction of sp³-hybridized carbons (Fsp3) is 0.438. The lowest BCUT2D eigenvalue weighted by molar-refractivity contribution is -0.862. The molecule has 0 spiro atoms. The summed E-state index contributed by atoms with van der Waals surface area (Å²) in [7, 11) is 1.68. The Morgan fingerprint density at radius 3 is 2.42 bits per heavy atom. The number of quaternary nitrogens is 1. The number of halogens is 1. The van der Waals surface area contributed by atoms with Crippen molar-refractivity contribution in [2.45, 2.75) is 19.9 Å². The number of amides is 3. The maximum absolute atomic E-state index is 13.0. The first-order valence-electron chi connectivity index (χ1n) is 7.69. The first-order valence-corrected chi connectivity index (χ1v) is 7.69. The minimum atomic E-state index is -0.437. The van der Waals surface area contributed by atoms with Crippen molar-refractivity contribution in [1.29, 1.82) is 0 Å². The van der Waals surface area contributed by atoms with Gasteiger partial charge in [0.2, 0.25) is 5.91 Å². The van der Waals surface area contributed by atoms with Gasteiger partial charge in [0.05, 0.1) is 13.6 Å². The van der Waals surface area contributed by atoms with Crippen LogP contribution < -0.4 is 20.9 Å². The molecule has 1 rings (SSSR count). The zero-order valence-electron chi connectivity index (χ0n) is 14.1. The number of rotatable bonds is 8. The van der Waals surface area contributed by atoms with Gasteiger partial charge in [-0.1, -0.05) is 6.07 Å². The van der Waals surface area contributed by atoms with Gasteiger partial charge in [0.25, 0.3) is 11.8 Å². The van der Waals surface area contributed by atoms with Gasteiger partial charge in [0.1, 0.15) is 5.82 Å². The van der Waals surface area contributed by atoms with Crippen LogP contribution in [-0.4, -0.2) is 50.4 Å². The van der Waals surface area contributed by atoms with Crippen molar-refractivity contribution in [1.82, 2.24) is 10.6 Å². The highest BCUT2D eigenvalue weighted by molar-refractivity contribution is 5.91. The van der Waals surface area contributed by atoms with Crippen LogP contribution in [0.2, 0.25) is 0 Å². The molecule has 8 heteroatoms. The Balaban J connectivity index is 2.31. The molecule has 1 unspecified atom stereocenters. The van der Waals surface area contributed by atoms with Crippen molar-refractivity contribution < 1.29 is 23.7 Å². The van der Waals surface area contributed by atoms with Gasteiger partial charge in [0, 0.05) is 11.7 Å². The standard InChI is InChI=1S/C16H23FN4O3/c1-11(2)19-14(22)8-18-15(23)9-21(3)10-16(24)20-13-6-4-5-12(17)7-13/h4-7,11H,8-10H2,1-3H3,(H,18,23)(H,19,22)(H,20,24)/p+1. The number of hydrogen-bond acceptors (Lipinski definition) is 3. The van der Waals surface area contributed by atoms with Crippen molar-refractivity contribution in [3.63, 3.8) is 0 Å². The Bertz CT molecular complexity index is 592. The fourth-order valence-electron chi connectivity index (χ4n) is 2.00. The minimum Gasteiger partial charge on any atom is -0.352 e. The summed E-state index contributed by atoms with van der Waals surface area (Å²) in [6.45, 7) is 3.65. The third-order valence-electron chi connectivity index (χ3n) is 2.93. The third-order valence-corrected chi connectivity index (χ3v) is 2.93. The predicted octanol–water partition coefficient (Wildman–Crippen LogP) is -1.08. The number of hydrogen-bond donors (Lipinski definition) is 4. The second-order valence-electron chi connectivity index (χ2n) is 5.87. The smallest absolute Gasteiger partial charge is 0.279 e. The first kappa shape index (κ1) is 19.6. The van der Waals surface area contributed by atoms with Crippen molar-refractivity contribution in [2.75, 3.05) is 32.0 Å². The lowest BCUT2D eigenvalue weighted by Gasteiger charge is -2.14. The Morgan fingerprint density at radius 1 is 1.12 bits per heavy atom. The minimum absolute atomic E-state index is 0.00854. The molecule has 0 aliphatic heterocycles. The Hall–Kier alpha value is -2.48. The maximum Gasteiger partial charge on any atom is 0.279 e. The topological polar surface area (TPSA) is 91.7 Å². The summed E-state index contributed by atoms with van der Waals surface area (Å²) in [6, 6.07) is 5.59. The van der Waals surface area contributed by atoms with Gasteiger partial charge >= 0.3 is 0 Å². The molecule has 1 atom stereocenters. The second kappa shape index (κ2) is 9.61. The van der Waals surface area contributed by atoms with Gasteiger partial charge in [-0.2, -0.15) is 0 Å². The molecule has 0 fully saturated rings. The van der Waals surface area contributed by atoms with E-state index in [4.69, 9.17) is 0 Å². The number of benzene rings is 1. The lowest BCUT2D eigenvalue weighted by Crippen LogP contribution is -3.11. The van der Waals surface area contributed by atoms with Crippen LogP contribution >= 0.6 is 0 Å². The van der Waals surface area contributed by atoms with Crippen LogP contribution in [0.5, 0.6) is 0 Å². The molecule has 0 bridgehead atoms. The molecule has 3 amide bonds. The van der Waals surface area contributed by atoms with Crippen LogP contribution in [0.1, 0.15) is 13.8 Å². The molecule has 1 aromatic rings. The van der Waals surface area contributed by atoms with E-state index in [2.05, 4.69) is 16.0 Å². The van der Waals surface area contributed by atoms with Gasteiger partial charge in [-0.15, -0.1) is 0 Å². The van der Waals surface area contributed by atoms with E-state index in [1.54, 1.807) is 13.1 Å². The number of carbonyl (C=O) groups is 3. The van der Waals surface area contributed by atoms with E-state index < -0.39 is 5.82 Å². The molecule has 0 saturated carbocycles. The molecule has 0 aromatic heterocycles. The van der Waals surface area contributed by atoms with Gasteiger partial charge in [-0.05, 0) is 32.0 Å². The molecule has 0 radical (unpaired) electrons. The summed E-state index contributed by atoms with van der Waals surface area (Å²) >= 11 is 0. The summed E-state index contributed by atoms with van der Waals surface area (Å²) in [5, 5.41) is 7.72. The van der Waals surface area contributed by atoms with E-state index in [-0.39, 0.29) is 43.4 Å². The molecular weight excluding hydrogens is 315 g/mol. The Kier molecular flexibility index (Phi) is 7.84. The van der Waals surface area contributed by atoms with Crippen LogP contribution in [0, 0.1) is 5.82 Å². The number of carbonyl (C=O) groups excluding carboxylic acids is 3. The molecule has 0 heterocycles. The zero-order chi connectivity index (χ0) is 18.1. The van der Waals surface area contributed by atoms with E-state index >= 15 is 0 Å². The normalized spacial score (nSPS) is 11.7. The van der Waals surface area contributed by atoms with Crippen LogP contribution in [-0.2, 0) is 14.4 Å². The quantitative estimate of drug-likeness (QED) is 0.486. The highest BCUT2D eigenvalue weighted by atomic mass is 19.1. The number of nitrogens with one attached hydrogen (secondary N) is 4. The highest BCUT2D eigenvalue weighted by Crippen LogP contribution is 2.08. The monoisotopic (exact) mass is 339 g/mol. The molecule has 7 nitrogen and oxygen atoms in total. The fourth-order valence-corrected chi connectivity index (χ4v) is 2.00.